The van der Waals surface area contributed by atoms with Crippen LogP contribution in [0.4, 0.5) is 0 Å². The van der Waals surface area contributed by atoms with Gasteiger partial charge in [0.05, 0.1) is 0 Å². The zero-order chi connectivity index (χ0) is 14.8. The van der Waals surface area contributed by atoms with Crippen LogP contribution in [0, 0.1) is 0 Å². The van der Waals surface area contributed by atoms with Gasteiger partial charge in [-0.05, 0) is 44.3 Å². The molecule has 0 heterocycles. The lowest BCUT2D eigenvalue weighted by atomic mass is 10.2. The highest BCUT2D eigenvalue weighted by atomic mass is 16.5. The first-order valence-corrected chi connectivity index (χ1v) is 7.09. The fourth-order valence-corrected chi connectivity index (χ4v) is 1.85. The van der Waals surface area contributed by atoms with Crippen molar-refractivity contribution in [3.05, 3.63) is 29.8 Å². The molecule has 0 radical (unpaired) electrons. The van der Waals surface area contributed by atoms with E-state index in [1.807, 2.05) is 0 Å². The first-order valence-electron chi connectivity index (χ1n) is 7.09. The molecule has 0 bridgehead atoms. The number of unbranched alkanes of at least 4 members (excludes halogenated alkanes) is 2. The standard InChI is InChI=1S/C15H25N3O2/c1-3-4-5-10-18(2)11-12-20-14-8-6-13(7-9-14)15(19)17-16/h6-9H,3-5,10-12,16H2,1-2H3,(H,17,19). The molecule has 0 atom stereocenters. The van der Waals surface area contributed by atoms with E-state index in [0.29, 0.717) is 12.2 Å². The third-order valence-electron chi connectivity index (χ3n) is 3.13. The van der Waals surface area contributed by atoms with Gasteiger partial charge in [0.1, 0.15) is 12.4 Å². The number of rotatable bonds is 9. The van der Waals surface area contributed by atoms with Crippen molar-refractivity contribution in [2.24, 2.45) is 5.84 Å². The summed E-state index contributed by atoms with van der Waals surface area (Å²) in [5.41, 5.74) is 2.62. The molecule has 112 valence electrons. The number of likely N-dealkylation sites (N-methyl/N-ethyl adjacent to an activating group) is 1. The van der Waals surface area contributed by atoms with Gasteiger partial charge in [-0.2, -0.15) is 0 Å². The zero-order valence-electron chi connectivity index (χ0n) is 12.4. The van der Waals surface area contributed by atoms with Crippen molar-refractivity contribution in [3.63, 3.8) is 0 Å². The van der Waals surface area contributed by atoms with Crippen molar-refractivity contribution in [3.8, 4) is 5.75 Å². The molecule has 5 heteroatoms. The van der Waals surface area contributed by atoms with E-state index < -0.39 is 0 Å². The summed E-state index contributed by atoms with van der Waals surface area (Å²) in [6.45, 7) is 4.85. The maximum absolute atomic E-state index is 11.3. The Morgan fingerprint density at radius 2 is 1.95 bits per heavy atom. The van der Waals surface area contributed by atoms with Gasteiger partial charge >= 0.3 is 0 Å². The number of hydrogen-bond acceptors (Lipinski definition) is 4. The van der Waals surface area contributed by atoms with Crippen LogP contribution >= 0.6 is 0 Å². The maximum atomic E-state index is 11.3. The summed E-state index contributed by atoms with van der Waals surface area (Å²) in [7, 11) is 2.10. The minimum atomic E-state index is -0.299. The van der Waals surface area contributed by atoms with Crippen LogP contribution in [0.25, 0.3) is 0 Å². The van der Waals surface area contributed by atoms with E-state index in [-0.39, 0.29) is 5.91 Å². The lowest BCUT2D eigenvalue weighted by Gasteiger charge is -2.16. The van der Waals surface area contributed by atoms with Gasteiger partial charge in [0.25, 0.3) is 5.91 Å². The Kier molecular flexibility index (Phi) is 7.69. The van der Waals surface area contributed by atoms with E-state index >= 15 is 0 Å². The average Bonchev–Trinajstić information content (AvgIpc) is 2.47. The summed E-state index contributed by atoms with van der Waals surface area (Å²) in [5, 5.41) is 0. The van der Waals surface area contributed by atoms with Gasteiger partial charge in [-0.3, -0.25) is 10.2 Å². The molecule has 0 fully saturated rings. The molecule has 1 aromatic rings. The number of nitrogens with two attached hydrogens (primary N) is 1. The van der Waals surface area contributed by atoms with Crippen molar-refractivity contribution >= 4 is 5.91 Å². The number of carbonyl (C=O) groups is 1. The van der Waals surface area contributed by atoms with Crippen LogP contribution in [0.3, 0.4) is 0 Å². The number of benzene rings is 1. The molecule has 1 amide bonds. The molecule has 0 spiro atoms. The molecule has 0 saturated heterocycles. The fourth-order valence-electron chi connectivity index (χ4n) is 1.85. The van der Waals surface area contributed by atoms with Crippen molar-refractivity contribution < 1.29 is 9.53 Å². The van der Waals surface area contributed by atoms with E-state index in [1.54, 1.807) is 24.3 Å². The van der Waals surface area contributed by atoms with Crippen LogP contribution in [0.2, 0.25) is 0 Å². The van der Waals surface area contributed by atoms with Gasteiger partial charge in [0.15, 0.2) is 0 Å². The molecule has 3 N–H and O–H groups in total. The highest BCUT2D eigenvalue weighted by Gasteiger charge is 2.03. The molecule has 0 aromatic heterocycles. The van der Waals surface area contributed by atoms with Gasteiger partial charge in [0.2, 0.25) is 0 Å². The summed E-state index contributed by atoms with van der Waals surface area (Å²) >= 11 is 0. The molecular formula is C15H25N3O2. The average molecular weight is 279 g/mol. The van der Waals surface area contributed by atoms with E-state index in [1.165, 1.54) is 19.3 Å². The van der Waals surface area contributed by atoms with E-state index in [4.69, 9.17) is 10.6 Å². The molecule has 0 saturated carbocycles. The Labute approximate surface area is 121 Å². The monoisotopic (exact) mass is 279 g/mol. The van der Waals surface area contributed by atoms with Crippen molar-refractivity contribution in [2.45, 2.75) is 26.2 Å². The first-order chi connectivity index (χ1) is 9.67. The highest BCUT2D eigenvalue weighted by molar-refractivity contribution is 5.93. The largest absolute Gasteiger partial charge is 0.492 e. The Bertz CT molecular complexity index is 393. The lowest BCUT2D eigenvalue weighted by molar-refractivity contribution is 0.0953. The Morgan fingerprint density at radius 1 is 1.25 bits per heavy atom. The quantitative estimate of drug-likeness (QED) is 0.313. The summed E-state index contributed by atoms with van der Waals surface area (Å²) in [6, 6.07) is 6.95. The normalized spacial score (nSPS) is 10.6. The predicted molar refractivity (Wildman–Crippen MR) is 80.6 cm³/mol. The van der Waals surface area contributed by atoms with E-state index in [9.17, 15) is 4.79 Å². The van der Waals surface area contributed by atoms with Crippen LogP contribution in [0.15, 0.2) is 24.3 Å². The number of carbonyl (C=O) groups excluding carboxylic acids is 1. The maximum Gasteiger partial charge on any atom is 0.265 e. The molecule has 0 unspecified atom stereocenters. The smallest absolute Gasteiger partial charge is 0.265 e. The summed E-state index contributed by atoms with van der Waals surface area (Å²) in [6.07, 6.45) is 3.75. The van der Waals surface area contributed by atoms with Crippen molar-refractivity contribution in [1.82, 2.24) is 10.3 Å². The zero-order valence-corrected chi connectivity index (χ0v) is 12.4. The highest BCUT2D eigenvalue weighted by Crippen LogP contribution is 2.12. The number of amides is 1. The second-order valence-electron chi connectivity index (χ2n) is 4.86. The van der Waals surface area contributed by atoms with Crippen molar-refractivity contribution in [2.75, 3.05) is 26.7 Å². The van der Waals surface area contributed by atoms with Gasteiger partial charge < -0.3 is 9.64 Å². The lowest BCUT2D eigenvalue weighted by Crippen LogP contribution is -2.29. The van der Waals surface area contributed by atoms with Gasteiger partial charge in [0, 0.05) is 12.1 Å². The topological polar surface area (TPSA) is 67.6 Å². The van der Waals surface area contributed by atoms with Gasteiger partial charge in [-0.1, -0.05) is 19.8 Å². The Morgan fingerprint density at radius 3 is 2.55 bits per heavy atom. The minimum absolute atomic E-state index is 0.299. The minimum Gasteiger partial charge on any atom is -0.492 e. The number of hydrogen-bond donors (Lipinski definition) is 2. The molecule has 0 aliphatic heterocycles. The number of nitrogen functional groups attached to an aromatic ring is 1. The molecule has 0 aliphatic rings. The first kappa shape index (κ1) is 16.5. The number of ether oxygens (including phenoxy) is 1. The molecular weight excluding hydrogens is 254 g/mol. The fraction of sp³-hybridized carbons (Fsp3) is 0.533. The molecule has 0 aliphatic carbocycles. The summed E-state index contributed by atoms with van der Waals surface area (Å²) in [4.78, 5) is 13.5. The van der Waals surface area contributed by atoms with Crippen LogP contribution in [0.5, 0.6) is 5.75 Å². The van der Waals surface area contributed by atoms with E-state index in [0.717, 1.165) is 18.8 Å². The molecule has 1 aromatic carbocycles. The number of hydrazine groups is 1. The van der Waals surface area contributed by atoms with Gasteiger partial charge in [-0.15, -0.1) is 0 Å². The predicted octanol–water partition coefficient (Wildman–Crippen LogP) is 1.79. The number of nitrogens with one attached hydrogen (secondary N) is 1. The second kappa shape index (κ2) is 9.34. The van der Waals surface area contributed by atoms with E-state index in [2.05, 4.69) is 24.3 Å². The third-order valence-corrected chi connectivity index (χ3v) is 3.13. The molecule has 1 rings (SSSR count). The molecule has 5 nitrogen and oxygen atoms in total. The summed E-state index contributed by atoms with van der Waals surface area (Å²) in [5.74, 6) is 5.53. The van der Waals surface area contributed by atoms with Crippen LogP contribution in [0.1, 0.15) is 36.5 Å². The molecule has 20 heavy (non-hydrogen) atoms. The Balaban J connectivity index is 2.26. The SMILES string of the molecule is CCCCCN(C)CCOc1ccc(C(=O)NN)cc1. The van der Waals surface area contributed by atoms with Crippen LogP contribution < -0.4 is 16.0 Å². The second-order valence-corrected chi connectivity index (χ2v) is 4.86. The summed E-state index contributed by atoms with van der Waals surface area (Å²) < 4.78 is 5.65. The van der Waals surface area contributed by atoms with Crippen molar-refractivity contribution in [1.29, 1.82) is 0 Å². The number of nitrogens with zero attached hydrogens (tertiary/aromatic N) is 1. The third kappa shape index (κ3) is 6.04. The van der Waals surface area contributed by atoms with Crippen LogP contribution in [-0.4, -0.2) is 37.6 Å². The Hall–Kier alpha value is -1.59. The van der Waals surface area contributed by atoms with Gasteiger partial charge in [-0.25, -0.2) is 5.84 Å². The van der Waals surface area contributed by atoms with Crippen LogP contribution in [-0.2, 0) is 0 Å².